The minimum Gasteiger partial charge on any atom is -0.394 e. The zero-order valence-electron chi connectivity index (χ0n) is 21.7. The molecule has 4 aliphatic rings. The number of carbonyl (C=O) groups is 3. The average molecular weight is 564 g/mol. The fourth-order valence-electron chi connectivity index (χ4n) is 6.73. The van der Waals surface area contributed by atoms with Crippen LogP contribution in [0.4, 0.5) is 5.69 Å². The van der Waals surface area contributed by atoms with E-state index in [0.29, 0.717) is 17.3 Å². The lowest BCUT2D eigenvalue weighted by molar-refractivity contribution is -0.144. The van der Waals surface area contributed by atoms with Crippen LogP contribution < -0.4 is 4.90 Å². The highest BCUT2D eigenvalue weighted by molar-refractivity contribution is 8.02. The van der Waals surface area contributed by atoms with E-state index >= 15 is 0 Å². The van der Waals surface area contributed by atoms with Crippen molar-refractivity contribution in [2.75, 3.05) is 31.6 Å². The van der Waals surface area contributed by atoms with Crippen molar-refractivity contribution in [3.63, 3.8) is 0 Å². The number of carbonyl (C=O) groups excluding carboxylic acids is 3. The summed E-state index contributed by atoms with van der Waals surface area (Å²) >= 11 is 8.16. The molecule has 4 heterocycles. The van der Waals surface area contributed by atoms with E-state index in [-0.39, 0.29) is 36.1 Å². The molecule has 2 aromatic rings. The molecule has 3 amide bonds. The van der Waals surface area contributed by atoms with Crippen LogP contribution in [0.15, 0.2) is 72.8 Å². The first kappa shape index (κ1) is 26.2. The lowest BCUT2D eigenvalue weighted by Gasteiger charge is -2.39. The number of hydrogen-bond donors (Lipinski definition) is 1. The lowest BCUT2D eigenvalue weighted by Crippen LogP contribution is -2.54. The van der Waals surface area contributed by atoms with E-state index in [9.17, 15) is 19.5 Å². The van der Waals surface area contributed by atoms with Gasteiger partial charge in [-0.05, 0) is 24.1 Å². The molecule has 0 bridgehead atoms. The number of thioether (sulfide) groups is 1. The normalized spacial score (nSPS) is 30.7. The molecule has 7 nitrogen and oxygen atoms in total. The Morgan fingerprint density at radius 3 is 2.51 bits per heavy atom. The number of fused-ring (bicyclic) bond motifs is 2. The molecule has 39 heavy (non-hydrogen) atoms. The van der Waals surface area contributed by atoms with E-state index in [1.165, 1.54) is 11.8 Å². The molecular weight excluding hydrogens is 534 g/mol. The van der Waals surface area contributed by atoms with Crippen LogP contribution in [0.5, 0.6) is 0 Å². The van der Waals surface area contributed by atoms with Gasteiger partial charge in [-0.1, -0.05) is 78.4 Å². The highest BCUT2D eigenvalue weighted by Gasteiger charge is 2.71. The van der Waals surface area contributed by atoms with E-state index in [0.717, 1.165) is 11.1 Å². The second-order valence-electron chi connectivity index (χ2n) is 10.6. The number of hydrogen-bond acceptors (Lipinski definition) is 5. The zero-order valence-corrected chi connectivity index (χ0v) is 23.3. The van der Waals surface area contributed by atoms with E-state index in [1.54, 1.807) is 27.8 Å². The number of nitrogens with zero attached hydrogens (tertiary/aromatic N) is 3. The van der Waals surface area contributed by atoms with Crippen LogP contribution in [-0.2, 0) is 14.4 Å². The number of para-hydroxylation sites is 1. The molecule has 1 unspecified atom stereocenters. The maximum Gasteiger partial charge on any atom is 0.251 e. The Kier molecular flexibility index (Phi) is 6.60. The average Bonchev–Trinajstić information content (AvgIpc) is 3.25. The Morgan fingerprint density at radius 1 is 1.03 bits per heavy atom. The highest BCUT2D eigenvalue weighted by atomic mass is 35.5. The summed E-state index contributed by atoms with van der Waals surface area (Å²) in [4.78, 5) is 47.8. The number of likely N-dealkylation sites (N-methyl/N-ethyl adjacent to an activating group) is 1. The molecule has 4 aliphatic heterocycles. The molecule has 0 aliphatic carbocycles. The van der Waals surface area contributed by atoms with Crippen molar-refractivity contribution >= 4 is 46.8 Å². The van der Waals surface area contributed by atoms with Crippen LogP contribution in [-0.4, -0.2) is 75.4 Å². The van der Waals surface area contributed by atoms with Crippen molar-refractivity contribution in [3.8, 4) is 0 Å². The van der Waals surface area contributed by atoms with Gasteiger partial charge in [0.2, 0.25) is 11.8 Å². The molecule has 6 atom stereocenters. The summed E-state index contributed by atoms with van der Waals surface area (Å²) in [6.07, 6.45) is 7.88. The second-order valence-corrected chi connectivity index (χ2v) is 12.5. The fourth-order valence-corrected chi connectivity index (χ4v) is 9.05. The van der Waals surface area contributed by atoms with Gasteiger partial charge in [0.1, 0.15) is 6.04 Å². The summed E-state index contributed by atoms with van der Waals surface area (Å²) in [6.45, 7) is 2.31. The van der Waals surface area contributed by atoms with E-state index in [1.807, 2.05) is 73.7 Å². The van der Waals surface area contributed by atoms with Gasteiger partial charge in [0.05, 0.1) is 39.9 Å². The molecular formula is C30H30ClN3O4S. The molecule has 1 spiro atoms. The summed E-state index contributed by atoms with van der Waals surface area (Å²) in [6, 6.07) is 13.1. The van der Waals surface area contributed by atoms with Crippen molar-refractivity contribution in [1.82, 2.24) is 9.80 Å². The Morgan fingerprint density at radius 2 is 1.79 bits per heavy atom. The minimum absolute atomic E-state index is 0.0996. The fraction of sp³-hybridized carbons (Fsp3) is 0.367. The smallest absolute Gasteiger partial charge is 0.251 e. The van der Waals surface area contributed by atoms with Crippen LogP contribution in [0.3, 0.4) is 0 Å². The molecule has 2 saturated heterocycles. The van der Waals surface area contributed by atoms with Crippen molar-refractivity contribution in [1.29, 1.82) is 0 Å². The number of rotatable bonds is 4. The maximum absolute atomic E-state index is 14.7. The molecule has 1 N–H and O–H groups in total. The van der Waals surface area contributed by atoms with Crippen LogP contribution in [0, 0.1) is 18.8 Å². The lowest BCUT2D eigenvalue weighted by atomic mass is 9.78. The highest BCUT2D eigenvalue weighted by Crippen LogP contribution is 2.62. The van der Waals surface area contributed by atoms with Gasteiger partial charge in [0.15, 0.2) is 0 Å². The summed E-state index contributed by atoms with van der Waals surface area (Å²) in [5, 5.41) is 10.9. The first-order valence-corrected chi connectivity index (χ1v) is 14.4. The summed E-state index contributed by atoms with van der Waals surface area (Å²) < 4.78 is -0.978. The SMILES string of the molecule is Cc1cccc(Cl)c1N1CC=C[C@]23S[C@H]4C=CCN(C)C(=O)[C@H]4[C@H]2C(=O)N([C@H](CO)c2ccccc2)C3C1=O. The van der Waals surface area contributed by atoms with Crippen LogP contribution in [0.2, 0.25) is 5.02 Å². The molecule has 0 saturated carbocycles. The Bertz CT molecular complexity index is 1380. The van der Waals surface area contributed by atoms with Gasteiger partial charge in [-0.25, -0.2) is 0 Å². The van der Waals surface area contributed by atoms with E-state index in [4.69, 9.17) is 11.6 Å². The summed E-state index contributed by atoms with van der Waals surface area (Å²) in [5.74, 6) is -2.01. The minimum atomic E-state index is -0.978. The number of aliphatic hydroxyl groups excluding tert-OH is 1. The molecule has 9 heteroatoms. The predicted octanol–water partition coefficient (Wildman–Crippen LogP) is 3.61. The zero-order chi connectivity index (χ0) is 27.5. The van der Waals surface area contributed by atoms with Crippen LogP contribution in [0.25, 0.3) is 0 Å². The Labute approximate surface area is 237 Å². The van der Waals surface area contributed by atoms with Gasteiger partial charge in [-0.2, -0.15) is 0 Å². The van der Waals surface area contributed by atoms with E-state index < -0.39 is 28.7 Å². The third kappa shape index (κ3) is 3.87. The largest absolute Gasteiger partial charge is 0.394 e. The molecule has 0 aromatic heterocycles. The first-order chi connectivity index (χ1) is 18.8. The number of likely N-dealkylation sites (tertiary alicyclic amines) is 1. The third-order valence-corrected chi connectivity index (χ3v) is 10.5. The number of halogens is 1. The number of anilines is 1. The predicted molar refractivity (Wildman–Crippen MR) is 152 cm³/mol. The van der Waals surface area contributed by atoms with Gasteiger partial charge in [-0.3, -0.25) is 14.4 Å². The Hall–Kier alpha value is -3.07. The summed E-state index contributed by atoms with van der Waals surface area (Å²) in [5.41, 5.74) is 2.18. The van der Waals surface area contributed by atoms with Crippen LogP contribution >= 0.6 is 23.4 Å². The van der Waals surface area contributed by atoms with Gasteiger partial charge < -0.3 is 19.8 Å². The van der Waals surface area contributed by atoms with E-state index in [2.05, 4.69) is 0 Å². The van der Waals surface area contributed by atoms with Crippen molar-refractivity contribution in [2.24, 2.45) is 11.8 Å². The topological polar surface area (TPSA) is 81.2 Å². The van der Waals surface area contributed by atoms with Crippen LogP contribution in [0.1, 0.15) is 17.2 Å². The van der Waals surface area contributed by atoms with Gasteiger partial charge in [0, 0.05) is 25.4 Å². The molecule has 2 aromatic carbocycles. The van der Waals surface area contributed by atoms with Gasteiger partial charge in [0.25, 0.3) is 5.91 Å². The first-order valence-electron chi connectivity index (χ1n) is 13.1. The van der Waals surface area contributed by atoms with Gasteiger partial charge >= 0.3 is 0 Å². The monoisotopic (exact) mass is 563 g/mol. The number of benzene rings is 2. The summed E-state index contributed by atoms with van der Waals surface area (Å²) in [7, 11) is 1.75. The molecule has 6 rings (SSSR count). The quantitative estimate of drug-likeness (QED) is 0.575. The van der Waals surface area contributed by atoms with Crippen molar-refractivity contribution in [2.45, 2.75) is 29.0 Å². The Balaban J connectivity index is 1.54. The third-order valence-electron chi connectivity index (χ3n) is 8.45. The number of aliphatic hydroxyl groups is 1. The van der Waals surface area contributed by atoms with Gasteiger partial charge in [-0.15, -0.1) is 11.8 Å². The van der Waals surface area contributed by atoms with Crippen molar-refractivity contribution in [3.05, 3.63) is 89.0 Å². The van der Waals surface area contributed by atoms with Crippen molar-refractivity contribution < 1.29 is 19.5 Å². The molecule has 0 radical (unpaired) electrons. The number of aryl methyl sites for hydroxylation is 1. The molecule has 202 valence electrons. The second kappa shape index (κ2) is 9.84. The number of amides is 3. The molecule has 2 fully saturated rings. The maximum atomic E-state index is 14.7. The standard InChI is InChI=1S/C30H30ClN3O4S/c1-18-9-6-12-20(31)25(18)33-16-8-14-30-24(23-22(39-30)13-7-15-32(2)27(23)36)28(37)34(26(30)29(33)38)21(17-35)19-10-4-3-5-11-19/h3-14,21-24,26,35H,15-17H2,1-2H3/t21-,22+,23-,24+,26?,30+/m1/s1.